The van der Waals surface area contributed by atoms with E-state index < -0.39 is 33.8 Å². The second kappa shape index (κ2) is 7.64. The summed E-state index contributed by atoms with van der Waals surface area (Å²) in [5.74, 6) is 0. The first-order chi connectivity index (χ1) is 10.5. The number of halogens is 3. The van der Waals surface area contributed by atoms with Crippen molar-refractivity contribution in [3.63, 3.8) is 0 Å². The summed E-state index contributed by atoms with van der Waals surface area (Å²) in [6.07, 6.45) is -3.54. The van der Waals surface area contributed by atoms with Gasteiger partial charge in [-0.25, -0.2) is 17.9 Å². The number of hydrogen-bond acceptors (Lipinski definition) is 3. The summed E-state index contributed by atoms with van der Waals surface area (Å²) in [4.78, 5) is 11.6. The van der Waals surface area contributed by atoms with E-state index in [0.29, 0.717) is 0 Å². The van der Waals surface area contributed by atoms with Crippen LogP contribution in [0.4, 0.5) is 18.0 Å². The van der Waals surface area contributed by atoms with Gasteiger partial charge in [-0.1, -0.05) is 18.2 Å². The molecule has 0 heterocycles. The van der Waals surface area contributed by atoms with Crippen molar-refractivity contribution in [1.82, 2.24) is 15.4 Å². The van der Waals surface area contributed by atoms with Crippen LogP contribution in [0.3, 0.4) is 0 Å². The van der Waals surface area contributed by atoms with Gasteiger partial charge in [-0.2, -0.15) is 13.2 Å². The van der Waals surface area contributed by atoms with Crippen LogP contribution >= 0.6 is 0 Å². The molecule has 0 bridgehead atoms. The first-order valence-corrected chi connectivity index (χ1v) is 8.55. The summed E-state index contributed by atoms with van der Waals surface area (Å²) in [6.45, 7) is 1.42. The van der Waals surface area contributed by atoms with Gasteiger partial charge in [0.1, 0.15) is 0 Å². The number of benzene rings is 1. The van der Waals surface area contributed by atoms with Crippen molar-refractivity contribution in [3.05, 3.63) is 35.4 Å². The first kappa shape index (κ1) is 19.2. The van der Waals surface area contributed by atoms with Crippen LogP contribution < -0.4 is 15.4 Å². The molecule has 10 heteroatoms. The number of carbonyl (C=O) groups excluding carboxylic acids is 1. The standard InChI is InChI=1S/C13H18F3N3O3S/c1-9(10-5-3-4-6-11(10)13(14,15)16)19-12(20)17-7-8-18-23(2,21)22/h3-6,9,18H,7-8H2,1-2H3,(H2,17,19,20)/t9-/m0/s1. The van der Waals surface area contributed by atoms with Gasteiger partial charge in [0.2, 0.25) is 10.0 Å². The minimum atomic E-state index is -4.51. The van der Waals surface area contributed by atoms with Crippen molar-refractivity contribution in [1.29, 1.82) is 0 Å². The van der Waals surface area contributed by atoms with Crippen molar-refractivity contribution < 1.29 is 26.4 Å². The predicted molar refractivity (Wildman–Crippen MR) is 79.2 cm³/mol. The summed E-state index contributed by atoms with van der Waals surface area (Å²) < 4.78 is 62.6. The fourth-order valence-corrected chi connectivity index (χ4v) is 2.34. The van der Waals surface area contributed by atoms with Crippen LogP contribution in [0, 0.1) is 0 Å². The molecular formula is C13H18F3N3O3S. The topological polar surface area (TPSA) is 87.3 Å². The molecule has 0 spiro atoms. The minimum absolute atomic E-state index is 0.00649. The van der Waals surface area contributed by atoms with E-state index in [9.17, 15) is 26.4 Å². The number of urea groups is 1. The highest BCUT2D eigenvalue weighted by Crippen LogP contribution is 2.34. The third-order valence-electron chi connectivity index (χ3n) is 2.86. The molecule has 0 aliphatic heterocycles. The van der Waals surface area contributed by atoms with Crippen LogP contribution in [0.25, 0.3) is 0 Å². The summed E-state index contributed by atoms with van der Waals surface area (Å²) in [7, 11) is -3.36. The third kappa shape index (κ3) is 6.87. The van der Waals surface area contributed by atoms with Gasteiger partial charge in [-0.05, 0) is 18.6 Å². The van der Waals surface area contributed by atoms with Crippen molar-refractivity contribution in [2.75, 3.05) is 19.3 Å². The molecule has 0 unspecified atom stereocenters. The van der Waals surface area contributed by atoms with Gasteiger partial charge < -0.3 is 10.6 Å². The zero-order valence-corrected chi connectivity index (χ0v) is 13.4. The zero-order chi connectivity index (χ0) is 17.7. The average Bonchev–Trinajstić information content (AvgIpc) is 2.41. The van der Waals surface area contributed by atoms with Gasteiger partial charge >= 0.3 is 12.2 Å². The third-order valence-corrected chi connectivity index (χ3v) is 3.58. The molecule has 1 aromatic rings. The van der Waals surface area contributed by atoms with E-state index in [0.717, 1.165) is 12.3 Å². The largest absolute Gasteiger partial charge is 0.416 e. The van der Waals surface area contributed by atoms with Gasteiger partial charge in [0.15, 0.2) is 0 Å². The Morgan fingerprint density at radius 1 is 1.22 bits per heavy atom. The maximum Gasteiger partial charge on any atom is 0.416 e. The second-order valence-electron chi connectivity index (χ2n) is 4.87. The van der Waals surface area contributed by atoms with Crippen molar-refractivity contribution in [2.45, 2.75) is 19.1 Å². The van der Waals surface area contributed by atoms with E-state index in [1.807, 2.05) is 0 Å². The molecular weight excluding hydrogens is 335 g/mol. The smallest absolute Gasteiger partial charge is 0.337 e. The number of alkyl halides is 3. The molecule has 6 nitrogen and oxygen atoms in total. The zero-order valence-electron chi connectivity index (χ0n) is 12.6. The summed E-state index contributed by atoms with van der Waals surface area (Å²) >= 11 is 0. The molecule has 0 aromatic heterocycles. The molecule has 1 aromatic carbocycles. The number of amides is 2. The van der Waals surface area contributed by atoms with Crippen LogP contribution in [-0.4, -0.2) is 33.8 Å². The average molecular weight is 353 g/mol. The van der Waals surface area contributed by atoms with Crippen LogP contribution in [0.1, 0.15) is 24.1 Å². The van der Waals surface area contributed by atoms with E-state index in [-0.39, 0.29) is 18.7 Å². The molecule has 1 rings (SSSR count). The maximum absolute atomic E-state index is 12.9. The molecule has 0 aliphatic rings. The lowest BCUT2D eigenvalue weighted by Gasteiger charge is -2.19. The Hall–Kier alpha value is -1.81. The monoisotopic (exact) mass is 353 g/mol. The highest BCUT2D eigenvalue weighted by Gasteiger charge is 2.34. The van der Waals surface area contributed by atoms with Crippen LogP contribution in [0.2, 0.25) is 0 Å². The molecule has 0 radical (unpaired) electrons. The summed E-state index contributed by atoms with van der Waals surface area (Å²) in [5.41, 5.74) is -0.865. The van der Waals surface area contributed by atoms with E-state index in [1.54, 1.807) is 0 Å². The molecule has 0 aliphatic carbocycles. The predicted octanol–water partition coefficient (Wildman–Crippen LogP) is 1.61. The SMILES string of the molecule is C[C@H](NC(=O)NCCNS(C)(=O)=O)c1ccccc1C(F)(F)F. The van der Waals surface area contributed by atoms with Gasteiger partial charge in [-0.15, -0.1) is 0 Å². The first-order valence-electron chi connectivity index (χ1n) is 6.66. The Labute approximate surface area is 132 Å². The lowest BCUT2D eigenvalue weighted by Crippen LogP contribution is -2.41. The maximum atomic E-state index is 12.9. The highest BCUT2D eigenvalue weighted by atomic mass is 32.2. The van der Waals surface area contributed by atoms with Crippen LogP contribution in [0.15, 0.2) is 24.3 Å². The second-order valence-corrected chi connectivity index (χ2v) is 6.71. The fourth-order valence-electron chi connectivity index (χ4n) is 1.87. The van der Waals surface area contributed by atoms with Crippen molar-refractivity contribution in [2.24, 2.45) is 0 Å². The van der Waals surface area contributed by atoms with Gasteiger partial charge in [0.05, 0.1) is 17.9 Å². The lowest BCUT2D eigenvalue weighted by atomic mass is 10.0. The lowest BCUT2D eigenvalue weighted by molar-refractivity contribution is -0.138. The molecule has 0 saturated carbocycles. The molecule has 0 saturated heterocycles. The Bertz CT molecular complexity index is 647. The number of sulfonamides is 1. The number of rotatable bonds is 6. The Morgan fingerprint density at radius 3 is 2.39 bits per heavy atom. The quantitative estimate of drug-likeness (QED) is 0.679. The molecule has 130 valence electrons. The molecule has 23 heavy (non-hydrogen) atoms. The van der Waals surface area contributed by atoms with Crippen LogP contribution in [-0.2, 0) is 16.2 Å². The van der Waals surface area contributed by atoms with Gasteiger partial charge in [0, 0.05) is 13.1 Å². The van der Waals surface area contributed by atoms with Gasteiger partial charge in [0.25, 0.3) is 0 Å². The highest BCUT2D eigenvalue weighted by molar-refractivity contribution is 7.88. The van der Waals surface area contributed by atoms with Crippen LogP contribution in [0.5, 0.6) is 0 Å². The normalized spacial score (nSPS) is 13.4. The van der Waals surface area contributed by atoms with Crippen molar-refractivity contribution in [3.8, 4) is 0 Å². The number of carbonyl (C=O) groups is 1. The Balaban J connectivity index is 2.60. The summed E-state index contributed by atoms with van der Waals surface area (Å²) in [6, 6.07) is 3.41. The Kier molecular flexibility index (Phi) is 6.39. The fraction of sp³-hybridized carbons (Fsp3) is 0.462. The number of nitrogens with one attached hydrogen (secondary N) is 3. The Morgan fingerprint density at radius 2 is 1.83 bits per heavy atom. The summed E-state index contributed by atoms with van der Waals surface area (Å²) in [5, 5.41) is 4.73. The van der Waals surface area contributed by atoms with E-state index in [2.05, 4.69) is 15.4 Å². The molecule has 0 fully saturated rings. The van der Waals surface area contributed by atoms with E-state index >= 15 is 0 Å². The minimum Gasteiger partial charge on any atom is -0.337 e. The van der Waals surface area contributed by atoms with E-state index in [4.69, 9.17) is 0 Å². The van der Waals surface area contributed by atoms with E-state index in [1.165, 1.54) is 25.1 Å². The van der Waals surface area contributed by atoms with Gasteiger partial charge in [-0.3, -0.25) is 0 Å². The molecule has 1 atom stereocenters. The number of hydrogen-bond donors (Lipinski definition) is 3. The molecule has 2 amide bonds. The molecule has 3 N–H and O–H groups in total. The van der Waals surface area contributed by atoms with Crippen molar-refractivity contribution >= 4 is 16.1 Å².